The van der Waals surface area contributed by atoms with E-state index in [9.17, 15) is 0 Å². The molecule has 0 amide bonds. The van der Waals surface area contributed by atoms with Gasteiger partial charge in [0.1, 0.15) is 5.52 Å². The summed E-state index contributed by atoms with van der Waals surface area (Å²) >= 11 is 0. The van der Waals surface area contributed by atoms with E-state index >= 15 is 0 Å². The second kappa shape index (κ2) is 5.29. The maximum absolute atomic E-state index is 4.54. The summed E-state index contributed by atoms with van der Waals surface area (Å²) in [5.41, 5.74) is 4.05. The third-order valence-corrected chi connectivity index (χ3v) is 3.55. The number of aryl methyl sites for hydroxylation is 2. The highest BCUT2D eigenvalue weighted by molar-refractivity contribution is 5.75. The van der Waals surface area contributed by atoms with E-state index in [1.54, 1.807) is 0 Å². The second-order valence-electron chi connectivity index (χ2n) is 5.54. The summed E-state index contributed by atoms with van der Waals surface area (Å²) < 4.78 is 3.74. The quantitative estimate of drug-likeness (QED) is 0.795. The van der Waals surface area contributed by atoms with Crippen LogP contribution in [-0.4, -0.2) is 30.8 Å². The normalized spacial score (nSPS) is 11.7. The summed E-state index contributed by atoms with van der Waals surface area (Å²) in [7, 11) is 1.94. The number of aromatic nitrogens is 5. The number of rotatable bonds is 4. The van der Waals surface area contributed by atoms with Gasteiger partial charge in [-0.15, -0.1) is 5.10 Å². The molecule has 2 aromatic heterocycles. The van der Waals surface area contributed by atoms with Gasteiger partial charge in [0.2, 0.25) is 0 Å². The lowest BCUT2D eigenvalue weighted by atomic mass is 10.2. The van der Waals surface area contributed by atoms with E-state index in [4.69, 9.17) is 0 Å². The van der Waals surface area contributed by atoms with Gasteiger partial charge in [-0.1, -0.05) is 31.2 Å². The van der Waals surface area contributed by atoms with Crippen molar-refractivity contribution in [1.82, 2.24) is 30.1 Å². The van der Waals surface area contributed by atoms with Crippen molar-refractivity contribution in [3.8, 4) is 5.82 Å². The highest BCUT2D eigenvalue weighted by atomic mass is 15.5. The molecule has 0 aliphatic heterocycles. The lowest BCUT2D eigenvalue weighted by Crippen LogP contribution is -2.23. The fourth-order valence-corrected chi connectivity index (χ4v) is 2.49. The lowest BCUT2D eigenvalue weighted by Gasteiger charge is -2.10. The minimum Gasteiger partial charge on any atom is -0.310 e. The van der Waals surface area contributed by atoms with Gasteiger partial charge in [0, 0.05) is 25.2 Å². The molecule has 1 N–H and O–H groups in total. The molecular formula is C15H20N6. The van der Waals surface area contributed by atoms with E-state index in [-0.39, 0.29) is 0 Å². The average molecular weight is 284 g/mol. The zero-order valence-electron chi connectivity index (χ0n) is 12.8. The molecule has 0 unspecified atom stereocenters. The fourth-order valence-electron chi connectivity index (χ4n) is 2.49. The molecule has 6 heteroatoms. The number of fused-ring (bicyclic) bond motifs is 1. The first-order valence-electron chi connectivity index (χ1n) is 7.14. The van der Waals surface area contributed by atoms with Crippen LogP contribution in [0.2, 0.25) is 0 Å². The van der Waals surface area contributed by atoms with E-state index in [1.165, 1.54) is 0 Å². The van der Waals surface area contributed by atoms with Crippen molar-refractivity contribution in [2.24, 2.45) is 7.05 Å². The molecule has 3 aromatic rings. The molecule has 0 aliphatic carbocycles. The molecule has 0 radical (unpaired) electrons. The van der Waals surface area contributed by atoms with E-state index in [1.807, 2.05) is 47.6 Å². The Kier molecular flexibility index (Phi) is 3.47. The smallest absolute Gasteiger partial charge is 0.158 e. The number of nitrogens with zero attached hydrogens (tertiary/aromatic N) is 5. The van der Waals surface area contributed by atoms with Crippen LogP contribution in [0.3, 0.4) is 0 Å². The predicted molar refractivity (Wildman–Crippen MR) is 82.3 cm³/mol. The van der Waals surface area contributed by atoms with Crippen molar-refractivity contribution in [3.63, 3.8) is 0 Å². The van der Waals surface area contributed by atoms with Crippen LogP contribution in [0.1, 0.15) is 25.1 Å². The van der Waals surface area contributed by atoms with Gasteiger partial charge in [-0.3, -0.25) is 4.68 Å². The standard InChI is InChI=1S/C15H20N6/c1-10(2)16-9-12-11(3)18-20(4)15(12)21-14-8-6-5-7-13(14)17-19-21/h5-8,10,16H,9H2,1-4H3. The first-order chi connectivity index (χ1) is 10.1. The predicted octanol–water partition coefficient (Wildman–Crippen LogP) is 1.96. The molecule has 21 heavy (non-hydrogen) atoms. The van der Waals surface area contributed by atoms with Crippen LogP contribution in [0, 0.1) is 6.92 Å². The monoisotopic (exact) mass is 284 g/mol. The molecule has 6 nitrogen and oxygen atoms in total. The summed E-state index contributed by atoms with van der Waals surface area (Å²) in [4.78, 5) is 0. The van der Waals surface area contributed by atoms with Crippen LogP contribution in [-0.2, 0) is 13.6 Å². The summed E-state index contributed by atoms with van der Waals surface area (Å²) in [6.07, 6.45) is 0. The number of hydrogen-bond acceptors (Lipinski definition) is 4. The van der Waals surface area contributed by atoms with Crippen molar-refractivity contribution in [1.29, 1.82) is 0 Å². The van der Waals surface area contributed by atoms with Gasteiger partial charge < -0.3 is 5.32 Å². The van der Waals surface area contributed by atoms with Gasteiger partial charge in [0.05, 0.1) is 11.2 Å². The molecule has 3 rings (SSSR count). The Bertz CT molecular complexity index is 768. The van der Waals surface area contributed by atoms with Crippen LogP contribution in [0.15, 0.2) is 24.3 Å². The van der Waals surface area contributed by atoms with Gasteiger partial charge >= 0.3 is 0 Å². The molecule has 0 saturated heterocycles. The lowest BCUT2D eigenvalue weighted by molar-refractivity contribution is 0.583. The Labute approximate surface area is 123 Å². The fraction of sp³-hybridized carbons (Fsp3) is 0.400. The molecule has 0 fully saturated rings. The minimum atomic E-state index is 0.421. The molecular weight excluding hydrogens is 264 g/mol. The molecule has 110 valence electrons. The van der Waals surface area contributed by atoms with Gasteiger partial charge in [0.15, 0.2) is 5.82 Å². The van der Waals surface area contributed by atoms with Crippen molar-refractivity contribution in [2.75, 3.05) is 0 Å². The zero-order valence-corrected chi connectivity index (χ0v) is 12.8. The third-order valence-electron chi connectivity index (χ3n) is 3.55. The maximum atomic E-state index is 4.54. The topological polar surface area (TPSA) is 60.6 Å². The van der Waals surface area contributed by atoms with Gasteiger partial charge in [-0.2, -0.15) is 9.78 Å². The summed E-state index contributed by atoms with van der Waals surface area (Å²) in [6.45, 7) is 7.06. The maximum Gasteiger partial charge on any atom is 0.158 e. The van der Waals surface area contributed by atoms with Gasteiger partial charge in [-0.25, -0.2) is 0 Å². The molecule has 0 atom stereocenters. The molecule has 2 heterocycles. The molecule has 0 aliphatic rings. The molecule has 0 saturated carbocycles. The highest BCUT2D eigenvalue weighted by Gasteiger charge is 2.18. The van der Waals surface area contributed by atoms with Crippen LogP contribution in [0.25, 0.3) is 16.9 Å². The number of nitrogens with one attached hydrogen (secondary N) is 1. The Morgan fingerprint density at radius 3 is 2.76 bits per heavy atom. The van der Waals surface area contributed by atoms with Crippen molar-refractivity contribution in [2.45, 2.75) is 33.4 Å². The van der Waals surface area contributed by atoms with E-state index in [0.29, 0.717) is 6.04 Å². The van der Waals surface area contributed by atoms with E-state index < -0.39 is 0 Å². The minimum absolute atomic E-state index is 0.421. The number of para-hydroxylation sites is 1. The highest BCUT2D eigenvalue weighted by Crippen LogP contribution is 2.21. The Balaban J connectivity index is 2.13. The largest absolute Gasteiger partial charge is 0.310 e. The van der Waals surface area contributed by atoms with E-state index in [2.05, 4.69) is 34.6 Å². The van der Waals surface area contributed by atoms with Crippen LogP contribution < -0.4 is 5.32 Å². The van der Waals surface area contributed by atoms with Crippen LogP contribution in [0.4, 0.5) is 0 Å². The summed E-state index contributed by atoms with van der Waals surface area (Å²) in [5.74, 6) is 0.967. The Morgan fingerprint density at radius 1 is 1.24 bits per heavy atom. The van der Waals surface area contributed by atoms with Gasteiger partial charge in [0.25, 0.3) is 0 Å². The van der Waals surface area contributed by atoms with Crippen LogP contribution in [0.5, 0.6) is 0 Å². The SMILES string of the molecule is Cc1nn(C)c(-n2nnc3ccccc32)c1CNC(C)C. The summed E-state index contributed by atoms with van der Waals surface area (Å²) in [6, 6.07) is 8.38. The molecule has 0 bridgehead atoms. The summed E-state index contributed by atoms with van der Waals surface area (Å²) in [5, 5.41) is 16.5. The number of hydrogen-bond donors (Lipinski definition) is 1. The van der Waals surface area contributed by atoms with E-state index in [0.717, 1.165) is 34.7 Å². The zero-order chi connectivity index (χ0) is 15.0. The Hall–Kier alpha value is -2.21. The van der Waals surface area contributed by atoms with Gasteiger partial charge in [-0.05, 0) is 19.1 Å². The average Bonchev–Trinajstić information content (AvgIpc) is 2.97. The molecule has 1 aromatic carbocycles. The first-order valence-corrected chi connectivity index (χ1v) is 7.14. The first kappa shape index (κ1) is 13.8. The second-order valence-corrected chi connectivity index (χ2v) is 5.54. The number of benzene rings is 1. The van der Waals surface area contributed by atoms with Crippen molar-refractivity contribution in [3.05, 3.63) is 35.5 Å². The third kappa shape index (κ3) is 2.42. The van der Waals surface area contributed by atoms with Crippen molar-refractivity contribution >= 4 is 11.0 Å². The molecule has 0 spiro atoms. The van der Waals surface area contributed by atoms with Crippen LogP contribution >= 0.6 is 0 Å². The van der Waals surface area contributed by atoms with Crippen molar-refractivity contribution < 1.29 is 0 Å². The Morgan fingerprint density at radius 2 is 2.00 bits per heavy atom.